The first-order valence-corrected chi connectivity index (χ1v) is 13.8. The van der Waals surface area contributed by atoms with Crippen molar-refractivity contribution < 1.29 is 9.53 Å². The van der Waals surface area contributed by atoms with Gasteiger partial charge in [-0.1, -0.05) is 53.9 Å². The highest BCUT2D eigenvalue weighted by atomic mass is 16.5. The zero-order valence-electron chi connectivity index (χ0n) is 21.4. The summed E-state index contributed by atoms with van der Waals surface area (Å²) in [6, 6.07) is 0. The largest absolute Gasteiger partial charge is 0.469 e. The molecule has 178 valence electrons. The van der Waals surface area contributed by atoms with Crippen molar-refractivity contribution in [1.82, 2.24) is 0 Å². The van der Waals surface area contributed by atoms with Gasteiger partial charge in [0.2, 0.25) is 0 Å². The molecule has 0 aliphatic heterocycles. The van der Waals surface area contributed by atoms with Crippen molar-refractivity contribution in [2.45, 2.75) is 112 Å². The Hall–Kier alpha value is -0.530. The summed E-state index contributed by atoms with van der Waals surface area (Å²) in [5, 5.41) is 0. The second-order valence-electron chi connectivity index (χ2n) is 13.2. The highest BCUT2D eigenvalue weighted by Gasteiger charge is 2.60. The van der Waals surface area contributed by atoms with Crippen molar-refractivity contribution in [1.29, 1.82) is 0 Å². The third-order valence-corrected chi connectivity index (χ3v) is 11.4. The molecule has 0 aromatic carbocycles. The molecular formula is C29H50O2. The summed E-state index contributed by atoms with van der Waals surface area (Å²) < 4.78 is 5.12. The topological polar surface area (TPSA) is 26.3 Å². The zero-order chi connectivity index (χ0) is 22.4. The molecule has 31 heavy (non-hydrogen) atoms. The number of rotatable bonds is 6. The Morgan fingerprint density at radius 2 is 1.61 bits per heavy atom. The van der Waals surface area contributed by atoms with Crippen molar-refractivity contribution >= 4 is 5.97 Å². The minimum absolute atomic E-state index is 0.0467. The lowest BCUT2D eigenvalue weighted by Crippen LogP contribution is -2.54. The molecule has 4 rings (SSSR count). The molecule has 4 fully saturated rings. The number of hydrogen-bond acceptors (Lipinski definition) is 2. The first-order chi connectivity index (χ1) is 14.7. The van der Waals surface area contributed by atoms with Gasteiger partial charge in [0.25, 0.3) is 0 Å². The first-order valence-electron chi connectivity index (χ1n) is 13.8. The van der Waals surface area contributed by atoms with Gasteiger partial charge in [-0.05, 0) is 110 Å². The molecule has 2 nitrogen and oxygen atoms in total. The van der Waals surface area contributed by atoms with Crippen LogP contribution in [0.15, 0.2) is 0 Å². The first kappa shape index (κ1) is 23.6. The summed E-state index contributed by atoms with van der Waals surface area (Å²) in [5.41, 5.74) is 1.06. The molecule has 0 radical (unpaired) electrons. The van der Waals surface area contributed by atoms with E-state index in [1.54, 1.807) is 7.11 Å². The lowest BCUT2D eigenvalue weighted by atomic mass is 9.44. The minimum Gasteiger partial charge on any atom is -0.469 e. The molecule has 4 aliphatic rings. The van der Waals surface area contributed by atoms with Crippen LogP contribution < -0.4 is 0 Å². The normalized spacial score (nSPS) is 45.5. The summed E-state index contributed by atoms with van der Waals surface area (Å²) in [5.74, 6) is 6.45. The maximum Gasteiger partial charge on any atom is 0.308 e. The number of carbonyl (C=O) groups is 1. The summed E-state index contributed by atoms with van der Waals surface area (Å²) >= 11 is 0. The van der Waals surface area contributed by atoms with Crippen molar-refractivity contribution in [2.24, 2.45) is 58.2 Å². The van der Waals surface area contributed by atoms with Gasteiger partial charge in [0, 0.05) is 0 Å². The van der Waals surface area contributed by atoms with E-state index in [-0.39, 0.29) is 11.9 Å². The Kier molecular flexibility index (Phi) is 6.87. The third-order valence-electron chi connectivity index (χ3n) is 11.4. The lowest BCUT2D eigenvalue weighted by Gasteiger charge is -2.61. The third kappa shape index (κ3) is 4.12. The molecule has 0 amide bonds. The second-order valence-corrected chi connectivity index (χ2v) is 13.2. The van der Waals surface area contributed by atoms with Crippen molar-refractivity contribution in [3.8, 4) is 0 Å². The highest BCUT2D eigenvalue weighted by Crippen LogP contribution is 2.68. The summed E-state index contributed by atoms with van der Waals surface area (Å²) in [6.07, 6.45) is 16.3. The fourth-order valence-corrected chi connectivity index (χ4v) is 9.66. The molecule has 0 heterocycles. The number of fused-ring (bicyclic) bond motifs is 5. The van der Waals surface area contributed by atoms with E-state index in [1.165, 1.54) is 64.2 Å². The predicted molar refractivity (Wildman–Crippen MR) is 129 cm³/mol. The van der Waals surface area contributed by atoms with Gasteiger partial charge in [-0.3, -0.25) is 4.79 Å². The zero-order valence-corrected chi connectivity index (χ0v) is 21.4. The van der Waals surface area contributed by atoms with Crippen LogP contribution in [-0.2, 0) is 9.53 Å². The van der Waals surface area contributed by atoms with Gasteiger partial charge in [0.15, 0.2) is 0 Å². The molecule has 9 atom stereocenters. The smallest absolute Gasteiger partial charge is 0.308 e. The Morgan fingerprint density at radius 3 is 2.32 bits per heavy atom. The van der Waals surface area contributed by atoms with E-state index in [1.807, 2.05) is 0 Å². The van der Waals surface area contributed by atoms with E-state index in [4.69, 9.17) is 4.74 Å². The number of hydrogen-bond donors (Lipinski definition) is 0. The van der Waals surface area contributed by atoms with Gasteiger partial charge in [0.1, 0.15) is 0 Å². The average molecular weight is 431 g/mol. The van der Waals surface area contributed by atoms with E-state index in [0.29, 0.717) is 10.8 Å². The van der Waals surface area contributed by atoms with Gasteiger partial charge in [-0.25, -0.2) is 0 Å². The van der Waals surface area contributed by atoms with E-state index in [2.05, 4.69) is 34.6 Å². The van der Waals surface area contributed by atoms with Gasteiger partial charge in [-0.2, -0.15) is 0 Å². The van der Waals surface area contributed by atoms with Crippen LogP contribution in [0.4, 0.5) is 0 Å². The van der Waals surface area contributed by atoms with Crippen LogP contribution in [0, 0.1) is 58.2 Å². The molecule has 2 unspecified atom stereocenters. The van der Waals surface area contributed by atoms with Gasteiger partial charge in [-0.15, -0.1) is 0 Å². The Balaban J connectivity index is 1.44. The fraction of sp³-hybridized carbons (Fsp3) is 0.966. The van der Waals surface area contributed by atoms with Crippen LogP contribution in [0.25, 0.3) is 0 Å². The molecule has 2 heteroatoms. The molecule has 0 aromatic rings. The van der Waals surface area contributed by atoms with Crippen LogP contribution in [-0.4, -0.2) is 13.1 Å². The van der Waals surface area contributed by atoms with Crippen molar-refractivity contribution in [3.63, 3.8) is 0 Å². The quantitative estimate of drug-likeness (QED) is 0.400. The van der Waals surface area contributed by atoms with Crippen LogP contribution in [0.3, 0.4) is 0 Å². The van der Waals surface area contributed by atoms with Gasteiger partial charge >= 0.3 is 5.97 Å². The summed E-state index contributed by atoms with van der Waals surface area (Å²) in [4.78, 5) is 12.2. The van der Waals surface area contributed by atoms with Crippen molar-refractivity contribution in [2.75, 3.05) is 7.11 Å². The summed E-state index contributed by atoms with van der Waals surface area (Å²) in [6.45, 7) is 12.6. The van der Waals surface area contributed by atoms with E-state index in [9.17, 15) is 4.79 Å². The Morgan fingerprint density at radius 1 is 0.903 bits per heavy atom. The number of esters is 1. The second kappa shape index (κ2) is 9.02. The Labute approximate surface area is 192 Å². The predicted octanol–water partition coefficient (Wildman–Crippen LogP) is 7.90. The van der Waals surface area contributed by atoms with Crippen LogP contribution in [0.2, 0.25) is 0 Å². The molecule has 0 spiro atoms. The lowest BCUT2D eigenvalue weighted by molar-refractivity contribution is -0.155. The monoisotopic (exact) mass is 430 g/mol. The Bertz CT molecular complexity index is 641. The molecule has 0 N–H and O–H groups in total. The molecule has 0 saturated heterocycles. The van der Waals surface area contributed by atoms with Crippen LogP contribution in [0.5, 0.6) is 0 Å². The molecular weight excluding hydrogens is 380 g/mol. The van der Waals surface area contributed by atoms with Crippen molar-refractivity contribution in [3.05, 3.63) is 0 Å². The van der Waals surface area contributed by atoms with E-state index in [0.717, 1.165) is 54.3 Å². The minimum atomic E-state index is 0.0467. The standard InChI is InChI=1S/C29H50O2/c1-19(2)8-7-9-20(3)24-12-13-25-23-11-10-22-18-21(27(30)31-6)14-16-28(22,4)26(23)15-17-29(24,25)5/h19-26H,7-18H2,1-6H3/t20-,21?,22?,23+,24-,25+,26+,28+,29-/m1/s1. The SMILES string of the molecule is COC(=O)C1CC[C@@]2(C)C(CC[C@H]3[C@@H]4CC[C@H]([C@H](C)CCCC(C)C)[C@@]4(C)CC[C@@H]32)C1. The van der Waals surface area contributed by atoms with Crippen LogP contribution >= 0.6 is 0 Å². The van der Waals surface area contributed by atoms with Crippen LogP contribution in [0.1, 0.15) is 112 Å². The highest BCUT2D eigenvalue weighted by molar-refractivity contribution is 5.72. The molecule has 4 saturated carbocycles. The number of carbonyl (C=O) groups excluding carboxylic acids is 1. The maximum atomic E-state index is 12.2. The summed E-state index contributed by atoms with van der Waals surface area (Å²) in [7, 11) is 1.56. The van der Waals surface area contributed by atoms with Gasteiger partial charge in [0.05, 0.1) is 13.0 Å². The number of methoxy groups -OCH3 is 1. The average Bonchev–Trinajstić information content (AvgIpc) is 3.09. The fourth-order valence-electron chi connectivity index (χ4n) is 9.66. The molecule has 4 aliphatic carbocycles. The van der Waals surface area contributed by atoms with Gasteiger partial charge < -0.3 is 4.74 Å². The maximum absolute atomic E-state index is 12.2. The molecule has 0 aromatic heterocycles. The van der Waals surface area contributed by atoms with E-state index < -0.39 is 0 Å². The molecule has 0 bridgehead atoms. The number of ether oxygens (including phenoxy) is 1. The van der Waals surface area contributed by atoms with E-state index >= 15 is 0 Å².